The summed E-state index contributed by atoms with van der Waals surface area (Å²) in [4.78, 5) is 2.52. The standard InChI is InChI=1S/C10H19NO2/c1-2-4-11-5-7-13-10-3-6-12-8-9(10)11/h9-10H,2-8H2,1H3. The van der Waals surface area contributed by atoms with Gasteiger partial charge in [0.15, 0.2) is 0 Å². The van der Waals surface area contributed by atoms with Crippen molar-refractivity contribution in [3.8, 4) is 0 Å². The van der Waals surface area contributed by atoms with E-state index < -0.39 is 0 Å². The maximum Gasteiger partial charge on any atom is 0.0775 e. The first kappa shape index (κ1) is 9.44. The fourth-order valence-corrected chi connectivity index (χ4v) is 2.29. The van der Waals surface area contributed by atoms with Gasteiger partial charge in [0.1, 0.15) is 0 Å². The van der Waals surface area contributed by atoms with Gasteiger partial charge in [-0.05, 0) is 19.4 Å². The molecule has 0 aromatic heterocycles. The third-order valence-corrected chi connectivity index (χ3v) is 2.95. The van der Waals surface area contributed by atoms with Crippen LogP contribution in [0.2, 0.25) is 0 Å². The van der Waals surface area contributed by atoms with E-state index in [1.54, 1.807) is 0 Å². The molecule has 2 atom stereocenters. The number of nitrogens with zero attached hydrogens (tertiary/aromatic N) is 1. The second-order valence-corrected chi connectivity index (χ2v) is 3.88. The van der Waals surface area contributed by atoms with Crippen LogP contribution in [0.4, 0.5) is 0 Å². The lowest BCUT2D eigenvalue weighted by atomic mass is 10.0. The molecule has 0 aliphatic carbocycles. The molecule has 2 aliphatic rings. The van der Waals surface area contributed by atoms with Crippen molar-refractivity contribution in [2.75, 3.05) is 32.9 Å². The Kier molecular flexibility index (Phi) is 3.19. The summed E-state index contributed by atoms with van der Waals surface area (Å²) in [6.07, 6.45) is 2.74. The molecule has 0 bridgehead atoms. The molecule has 76 valence electrons. The van der Waals surface area contributed by atoms with Gasteiger partial charge in [0.2, 0.25) is 0 Å². The van der Waals surface area contributed by atoms with Gasteiger partial charge in [0.05, 0.1) is 25.4 Å². The molecule has 2 rings (SSSR count). The van der Waals surface area contributed by atoms with Gasteiger partial charge in [0, 0.05) is 13.2 Å². The van der Waals surface area contributed by atoms with Crippen LogP contribution >= 0.6 is 0 Å². The van der Waals surface area contributed by atoms with E-state index in [4.69, 9.17) is 9.47 Å². The Balaban J connectivity index is 1.94. The van der Waals surface area contributed by atoms with Crippen LogP contribution in [0.1, 0.15) is 19.8 Å². The van der Waals surface area contributed by atoms with Crippen LogP contribution in [0, 0.1) is 0 Å². The minimum absolute atomic E-state index is 0.439. The van der Waals surface area contributed by atoms with Gasteiger partial charge in [-0.1, -0.05) is 6.92 Å². The summed E-state index contributed by atoms with van der Waals surface area (Å²) in [6.45, 7) is 7.15. The maximum absolute atomic E-state index is 5.74. The molecule has 0 radical (unpaired) electrons. The third-order valence-electron chi connectivity index (χ3n) is 2.95. The highest BCUT2D eigenvalue weighted by Crippen LogP contribution is 2.21. The fraction of sp³-hybridized carbons (Fsp3) is 1.00. The molecule has 0 aromatic rings. The number of morpholine rings is 1. The summed E-state index contributed by atoms with van der Waals surface area (Å²) in [5.74, 6) is 0. The van der Waals surface area contributed by atoms with E-state index in [1.165, 1.54) is 13.0 Å². The van der Waals surface area contributed by atoms with Crippen molar-refractivity contribution in [2.24, 2.45) is 0 Å². The van der Waals surface area contributed by atoms with Gasteiger partial charge in [-0.15, -0.1) is 0 Å². The molecule has 2 fully saturated rings. The normalized spacial score (nSPS) is 35.8. The minimum Gasteiger partial charge on any atom is -0.380 e. The van der Waals surface area contributed by atoms with Crippen molar-refractivity contribution >= 4 is 0 Å². The minimum atomic E-state index is 0.439. The lowest BCUT2D eigenvalue weighted by Crippen LogP contribution is -2.55. The van der Waals surface area contributed by atoms with Crippen LogP contribution in [0.3, 0.4) is 0 Å². The summed E-state index contributed by atoms with van der Waals surface area (Å²) in [5.41, 5.74) is 0. The first-order valence-corrected chi connectivity index (χ1v) is 5.35. The SMILES string of the molecule is CCCN1CCOC2CCOCC21. The molecule has 0 saturated carbocycles. The quantitative estimate of drug-likeness (QED) is 0.637. The van der Waals surface area contributed by atoms with Gasteiger partial charge in [-0.3, -0.25) is 4.90 Å². The van der Waals surface area contributed by atoms with Gasteiger partial charge in [0.25, 0.3) is 0 Å². The van der Waals surface area contributed by atoms with Gasteiger partial charge < -0.3 is 9.47 Å². The molecule has 0 aromatic carbocycles. The smallest absolute Gasteiger partial charge is 0.0775 e. The summed E-state index contributed by atoms with van der Waals surface area (Å²) >= 11 is 0. The lowest BCUT2D eigenvalue weighted by molar-refractivity contribution is -0.131. The van der Waals surface area contributed by atoms with E-state index in [2.05, 4.69) is 11.8 Å². The zero-order valence-corrected chi connectivity index (χ0v) is 8.37. The number of hydrogen-bond donors (Lipinski definition) is 0. The highest BCUT2D eigenvalue weighted by atomic mass is 16.5. The Morgan fingerprint density at radius 3 is 3.15 bits per heavy atom. The summed E-state index contributed by atoms with van der Waals surface area (Å²) in [7, 11) is 0. The van der Waals surface area contributed by atoms with Crippen LogP contribution in [0.15, 0.2) is 0 Å². The van der Waals surface area contributed by atoms with Crippen molar-refractivity contribution in [1.82, 2.24) is 4.90 Å². The topological polar surface area (TPSA) is 21.7 Å². The van der Waals surface area contributed by atoms with E-state index in [9.17, 15) is 0 Å². The molecule has 3 heteroatoms. The van der Waals surface area contributed by atoms with Gasteiger partial charge >= 0.3 is 0 Å². The molecule has 0 N–H and O–H groups in total. The van der Waals surface area contributed by atoms with Gasteiger partial charge in [-0.2, -0.15) is 0 Å². The Labute approximate surface area is 80.0 Å². The average molecular weight is 185 g/mol. The van der Waals surface area contributed by atoms with Crippen molar-refractivity contribution in [1.29, 1.82) is 0 Å². The molecule has 2 unspecified atom stereocenters. The van der Waals surface area contributed by atoms with E-state index in [0.29, 0.717) is 12.1 Å². The second-order valence-electron chi connectivity index (χ2n) is 3.88. The molecule has 0 spiro atoms. The Hall–Kier alpha value is -0.120. The first-order chi connectivity index (χ1) is 6.42. The zero-order chi connectivity index (χ0) is 9.10. The highest BCUT2D eigenvalue weighted by Gasteiger charge is 2.34. The predicted molar refractivity (Wildman–Crippen MR) is 50.8 cm³/mol. The molecule has 2 saturated heterocycles. The Morgan fingerprint density at radius 2 is 2.31 bits per heavy atom. The van der Waals surface area contributed by atoms with Crippen molar-refractivity contribution in [3.63, 3.8) is 0 Å². The van der Waals surface area contributed by atoms with Crippen molar-refractivity contribution < 1.29 is 9.47 Å². The summed E-state index contributed by atoms with van der Waals surface area (Å²) in [5, 5.41) is 0. The first-order valence-electron chi connectivity index (χ1n) is 5.35. The predicted octanol–water partition coefficient (Wildman–Crippen LogP) is 0.886. The van der Waals surface area contributed by atoms with E-state index in [1.807, 2.05) is 0 Å². The summed E-state index contributed by atoms with van der Waals surface area (Å²) < 4.78 is 11.2. The molecule has 2 heterocycles. The number of ether oxygens (including phenoxy) is 2. The third kappa shape index (κ3) is 2.03. The number of hydrogen-bond acceptors (Lipinski definition) is 3. The molecule has 2 aliphatic heterocycles. The lowest BCUT2D eigenvalue weighted by Gasteiger charge is -2.43. The summed E-state index contributed by atoms with van der Waals surface area (Å²) in [6, 6.07) is 0.530. The molecular formula is C10H19NO2. The van der Waals surface area contributed by atoms with Crippen LogP contribution in [0.5, 0.6) is 0 Å². The van der Waals surface area contributed by atoms with Gasteiger partial charge in [-0.25, -0.2) is 0 Å². The second kappa shape index (κ2) is 4.40. The van der Waals surface area contributed by atoms with E-state index in [-0.39, 0.29) is 0 Å². The largest absolute Gasteiger partial charge is 0.380 e. The monoisotopic (exact) mass is 185 g/mol. The Bertz CT molecular complexity index is 159. The molecule has 0 amide bonds. The zero-order valence-electron chi connectivity index (χ0n) is 8.37. The number of fused-ring (bicyclic) bond motifs is 1. The van der Waals surface area contributed by atoms with E-state index >= 15 is 0 Å². The van der Waals surface area contributed by atoms with Crippen LogP contribution in [-0.2, 0) is 9.47 Å². The molecule has 13 heavy (non-hydrogen) atoms. The molecular weight excluding hydrogens is 166 g/mol. The van der Waals surface area contributed by atoms with Crippen molar-refractivity contribution in [3.05, 3.63) is 0 Å². The Morgan fingerprint density at radius 1 is 1.38 bits per heavy atom. The van der Waals surface area contributed by atoms with Crippen LogP contribution < -0.4 is 0 Å². The maximum atomic E-state index is 5.74. The average Bonchev–Trinajstić information content (AvgIpc) is 2.19. The number of rotatable bonds is 2. The van der Waals surface area contributed by atoms with E-state index in [0.717, 1.165) is 32.8 Å². The van der Waals surface area contributed by atoms with Crippen molar-refractivity contribution in [2.45, 2.75) is 31.9 Å². The molecule has 3 nitrogen and oxygen atoms in total. The highest BCUT2D eigenvalue weighted by molar-refractivity contribution is 4.86. The van der Waals surface area contributed by atoms with Crippen LogP contribution in [0.25, 0.3) is 0 Å². The fourth-order valence-electron chi connectivity index (χ4n) is 2.29. The van der Waals surface area contributed by atoms with Crippen LogP contribution in [-0.4, -0.2) is 50.0 Å².